The molecule has 0 N–H and O–H groups in total. The molecule has 0 radical (unpaired) electrons. The van der Waals surface area contributed by atoms with Crippen LogP contribution < -0.4 is 0 Å². The Balaban J connectivity index is 1.84. The number of nitrogens with zero attached hydrogens (tertiary/aromatic N) is 1. The van der Waals surface area contributed by atoms with Gasteiger partial charge in [-0.2, -0.15) is 0 Å². The van der Waals surface area contributed by atoms with E-state index in [2.05, 4.69) is 52.0 Å². The van der Waals surface area contributed by atoms with Gasteiger partial charge < -0.3 is 0 Å². The van der Waals surface area contributed by atoms with Crippen LogP contribution in [0.15, 0.2) is 60.8 Å². The minimum atomic E-state index is -0.209. The third-order valence-corrected chi connectivity index (χ3v) is 6.64. The fourth-order valence-electron chi connectivity index (χ4n) is 4.17. The molecule has 0 saturated carbocycles. The van der Waals surface area contributed by atoms with E-state index in [0.29, 0.717) is 0 Å². The maximum absolute atomic E-state index is 13.7. The molecule has 0 atom stereocenters. The second kappa shape index (κ2) is 6.36. The SMILES string of the molecule is Cc1cc2cc(-c3nccc4c3ccc3cc(F)ccc34)cc(C(C)(C)C)c2s1. The van der Waals surface area contributed by atoms with Crippen molar-refractivity contribution < 1.29 is 4.39 Å². The maximum atomic E-state index is 13.7. The maximum Gasteiger partial charge on any atom is 0.123 e. The van der Waals surface area contributed by atoms with Crippen LogP contribution in [0.3, 0.4) is 0 Å². The molecule has 3 heteroatoms. The topological polar surface area (TPSA) is 12.9 Å². The lowest BCUT2D eigenvalue weighted by Crippen LogP contribution is -2.11. The number of aryl methyl sites for hydroxylation is 1. The van der Waals surface area contributed by atoms with Crippen LogP contribution in [-0.4, -0.2) is 4.98 Å². The average molecular weight is 400 g/mol. The second-order valence-corrected chi connectivity index (χ2v) is 9.99. The molecule has 29 heavy (non-hydrogen) atoms. The Morgan fingerprint density at radius 2 is 1.62 bits per heavy atom. The molecule has 0 amide bonds. The third kappa shape index (κ3) is 3.01. The molecule has 2 heterocycles. The van der Waals surface area contributed by atoms with Gasteiger partial charge in [-0.25, -0.2) is 4.39 Å². The largest absolute Gasteiger partial charge is 0.256 e. The smallest absolute Gasteiger partial charge is 0.123 e. The van der Waals surface area contributed by atoms with Gasteiger partial charge in [0, 0.05) is 26.7 Å². The predicted octanol–water partition coefficient (Wildman–Crippen LogP) is 8.01. The molecule has 0 aliphatic heterocycles. The Kier molecular flexibility index (Phi) is 4.01. The summed E-state index contributed by atoms with van der Waals surface area (Å²) in [4.78, 5) is 6.09. The molecule has 5 rings (SSSR count). The summed E-state index contributed by atoms with van der Waals surface area (Å²) >= 11 is 1.86. The number of hydrogen-bond donors (Lipinski definition) is 0. The number of pyridine rings is 1. The van der Waals surface area contributed by atoms with E-state index in [0.717, 1.165) is 32.8 Å². The Hall–Kier alpha value is -2.78. The van der Waals surface area contributed by atoms with E-state index in [1.54, 1.807) is 6.07 Å². The second-order valence-electron chi connectivity index (χ2n) is 8.73. The van der Waals surface area contributed by atoms with E-state index in [-0.39, 0.29) is 11.2 Å². The van der Waals surface area contributed by atoms with Gasteiger partial charge in [0.1, 0.15) is 5.82 Å². The summed E-state index contributed by atoms with van der Waals surface area (Å²) in [6.45, 7) is 8.95. The number of rotatable bonds is 1. The standard InChI is InChI=1S/C26H22FNS/c1-15-11-18-12-17(14-23(25(18)29-15)26(2,3)4)24-22-7-5-16-13-19(27)6-8-20(16)21(22)9-10-28-24/h5-14H,1-4H3. The molecule has 0 aliphatic carbocycles. The van der Waals surface area contributed by atoms with Gasteiger partial charge in [0.25, 0.3) is 0 Å². The number of fused-ring (bicyclic) bond motifs is 4. The quantitative estimate of drug-likeness (QED) is 0.260. The van der Waals surface area contributed by atoms with Crippen LogP contribution in [0.1, 0.15) is 31.2 Å². The zero-order chi connectivity index (χ0) is 20.3. The third-order valence-electron chi connectivity index (χ3n) is 5.54. The fraction of sp³-hybridized carbons (Fsp3) is 0.192. The van der Waals surface area contributed by atoms with Crippen LogP contribution in [0.25, 0.3) is 42.9 Å². The molecule has 0 spiro atoms. The van der Waals surface area contributed by atoms with Crippen LogP contribution >= 0.6 is 11.3 Å². The molecule has 0 fully saturated rings. The molecule has 0 aliphatic rings. The number of benzene rings is 3. The van der Waals surface area contributed by atoms with Crippen molar-refractivity contribution in [1.29, 1.82) is 0 Å². The van der Waals surface area contributed by atoms with Crippen molar-refractivity contribution in [1.82, 2.24) is 4.98 Å². The van der Waals surface area contributed by atoms with Gasteiger partial charge in [-0.1, -0.05) is 39.0 Å². The van der Waals surface area contributed by atoms with Crippen LogP contribution in [0.2, 0.25) is 0 Å². The summed E-state index contributed by atoms with van der Waals surface area (Å²) < 4.78 is 15.0. The molecule has 0 saturated heterocycles. The molecule has 3 aromatic carbocycles. The van der Waals surface area contributed by atoms with E-state index < -0.39 is 0 Å². The fourth-order valence-corrected chi connectivity index (χ4v) is 5.39. The number of hydrogen-bond acceptors (Lipinski definition) is 2. The molecule has 0 bridgehead atoms. The lowest BCUT2D eigenvalue weighted by Gasteiger charge is -2.21. The van der Waals surface area contributed by atoms with Crippen LogP contribution in [0, 0.1) is 12.7 Å². The summed E-state index contributed by atoms with van der Waals surface area (Å²) in [5.41, 5.74) is 3.50. The highest BCUT2D eigenvalue weighted by atomic mass is 32.1. The first kappa shape index (κ1) is 18.3. The van der Waals surface area contributed by atoms with E-state index in [9.17, 15) is 4.39 Å². The van der Waals surface area contributed by atoms with Gasteiger partial charge in [-0.3, -0.25) is 4.98 Å². The van der Waals surface area contributed by atoms with Crippen molar-refractivity contribution in [2.24, 2.45) is 0 Å². The monoisotopic (exact) mass is 399 g/mol. The molecule has 1 nitrogen and oxygen atoms in total. The van der Waals surface area contributed by atoms with E-state index in [1.165, 1.54) is 26.6 Å². The first-order valence-electron chi connectivity index (χ1n) is 9.83. The zero-order valence-corrected chi connectivity index (χ0v) is 17.8. The van der Waals surface area contributed by atoms with Gasteiger partial charge >= 0.3 is 0 Å². The normalized spacial score (nSPS) is 12.3. The predicted molar refractivity (Wildman–Crippen MR) is 123 cm³/mol. The minimum Gasteiger partial charge on any atom is -0.256 e. The van der Waals surface area contributed by atoms with E-state index in [4.69, 9.17) is 4.98 Å². The first-order valence-corrected chi connectivity index (χ1v) is 10.6. The van der Waals surface area contributed by atoms with Gasteiger partial charge in [0.05, 0.1) is 5.69 Å². The van der Waals surface area contributed by atoms with Crippen LogP contribution in [0.4, 0.5) is 4.39 Å². The minimum absolute atomic E-state index is 0.0420. The molecule has 144 valence electrons. The van der Waals surface area contributed by atoms with Crippen molar-refractivity contribution >= 4 is 43.0 Å². The Labute approximate surface area is 173 Å². The van der Waals surface area contributed by atoms with Crippen molar-refractivity contribution in [2.75, 3.05) is 0 Å². The lowest BCUT2D eigenvalue weighted by molar-refractivity contribution is 0.597. The van der Waals surface area contributed by atoms with Gasteiger partial charge in [-0.15, -0.1) is 11.3 Å². The van der Waals surface area contributed by atoms with Gasteiger partial charge in [-0.05, 0) is 75.8 Å². The Morgan fingerprint density at radius 1 is 0.828 bits per heavy atom. The van der Waals surface area contributed by atoms with Crippen molar-refractivity contribution in [3.8, 4) is 11.3 Å². The van der Waals surface area contributed by atoms with Crippen molar-refractivity contribution in [3.05, 3.63) is 77.1 Å². The molecule has 0 unspecified atom stereocenters. The summed E-state index contributed by atoms with van der Waals surface area (Å²) in [7, 11) is 0. The van der Waals surface area contributed by atoms with E-state index >= 15 is 0 Å². The first-order chi connectivity index (χ1) is 13.8. The van der Waals surface area contributed by atoms with Crippen molar-refractivity contribution in [3.63, 3.8) is 0 Å². The highest BCUT2D eigenvalue weighted by Crippen LogP contribution is 2.40. The van der Waals surface area contributed by atoms with Crippen LogP contribution in [0.5, 0.6) is 0 Å². The number of halogens is 1. The van der Waals surface area contributed by atoms with Crippen molar-refractivity contribution in [2.45, 2.75) is 33.1 Å². The molecular formula is C26H22FNS. The summed E-state index contributed by atoms with van der Waals surface area (Å²) in [5, 5.41) is 5.44. The highest BCUT2D eigenvalue weighted by molar-refractivity contribution is 7.19. The van der Waals surface area contributed by atoms with Gasteiger partial charge in [0.2, 0.25) is 0 Å². The molecule has 2 aromatic heterocycles. The zero-order valence-electron chi connectivity index (χ0n) is 17.0. The number of aromatic nitrogens is 1. The van der Waals surface area contributed by atoms with E-state index in [1.807, 2.05) is 35.7 Å². The number of thiophene rings is 1. The molecular weight excluding hydrogens is 377 g/mol. The Bertz CT molecular complexity index is 1410. The summed E-state index contributed by atoms with van der Waals surface area (Å²) in [6.07, 6.45) is 1.86. The highest BCUT2D eigenvalue weighted by Gasteiger charge is 2.21. The summed E-state index contributed by atoms with van der Waals surface area (Å²) in [5.74, 6) is -0.209. The Morgan fingerprint density at radius 3 is 2.41 bits per heavy atom. The summed E-state index contributed by atoms with van der Waals surface area (Å²) in [6, 6.07) is 17.9. The van der Waals surface area contributed by atoms with Crippen LogP contribution in [-0.2, 0) is 5.41 Å². The van der Waals surface area contributed by atoms with Gasteiger partial charge in [0.15, 0.2) is 0 Å². The lowest BCUT2D eigenvalue weighted by atomic mass is 9.84. The molecule has 5 aromatic rings. The average Bonchev–Trinajstić information content (AvgIpc) is 3.05.